The highest BCUT2D eigenvalue weighted by Gasteiger charge is 2.33. The zero-order valence-electron chi connectivity index (χ0n) is 14.6. The highest BCUT2D eigenvalue weighted by Crippen LogP contribution is 2.13. The van der Waals surface area contributed by atoms with Crippen LogP contribution in [0.1, 0.15) is 31.1 Å². The summed E-state index contributed by atoms with van der Waals surface area (Å²) in [6.07, 6.45) is 0. The molecule has 7 nitrogen and oxygen atoms in total. The van der Waals surface area contributed by atoms with Gasteiger partial charge in [-0.1, -0.05) is 18.4 Å². The molecule has 0 aliphatic carbocycles. The standard InChI is InChI=1S/C18H23N3O4/c1-12(2)6-5-11-25-14-9-7-13(8-10-14)16(22)20-15(17(23)21-24)18(3,4)19/h7-10,15,24H,1,11,19H2,2-4H3,(H,20,22)(H,21,23). The van der Waals surface area contributed by atoms with E-state index in [-0.39, 0.29) is 6.61 Å². The van der Waals surface area contributed by atoms with E-state index in [0.717, 1.165) is 5.57 Å². The Hall–Kier alpha value is -2.82. The van der Waals surface area contributed by atoms with Gasteiger partial charge in [0.1, 0.15) is 18.4 Å². The van der Waals surface area contributed by atoms with Gasteiger partial charge in [0.05, 0.1) is 0 Å². The van der Waals surface area contributed by atoms with E-state index in [2.05, 4.69) is 23.7 Å². The second kappa shape index (κ2) is 8.87. The Bertz CT molecular complexity index is 694. The van der Waals surface area contributed by atoms with Crippen molar-refractivity contribution in [3.05, 3.63) is 42.0 Å². The number of nitrogens with one attached hydrogen (secondary N) is 2. The van der Waals surface area contributed by atoms with Gasteiger partial charge in [-0.25, -0.2) is 5.48 Å². The molecule has 0 aliphatic heterocycles. The summed E-state index contributed by atoms with van der Waals surface area (Å²) in [6, 6.07) is 5.24. The molecule has 1 aromatic rings. The first-order valence-electron chi connectivity index (χ1n) is 7.56. The minimum atomic E-state index is -1.10. The third-order valence-electron chi connectivity index (χ3n) is 3.12. The second-order valence-electron chi connectivity index (χ2n) is 6.10. The van der Waals surface area contributed by atoms with Crippen LogP contribution in [0.5, 0.6) is 5.75 Å². The fraction of sp³-hybridized carbons (Fsp3) is 0.333. The van der Waals surface area contributed by atoms with Crippen molar-refractivity contribution in [2.24, 2.45) is 5.73 Å². The number of benzene rings is 1. The van der Waals surface area contributed by atoms with Crippen LogP contribution in [0.3, 0.4) is 0 Å². The van der Waals surface area contributed by atoms with Gasteiger partial charge in [-0.3, -0.25) is 14.8 Å². The first-order valence-corrected chi connectivity index (χ1v) is 7.56. The summed E-state index contributed by atoms with van der Waals surface area (Å²) in [5, 5.41) is 11.3. The summed E-state index contributed by atoms with van der Waals surface area (Å²) >= 11 is 0. The maximum Gasteiger partial charge on any atom is 0.267 e. The summed E-state index contributed by atoms with van der Waals surface area (Å²) in [5.41, 5.74) is 7.38. The van der Waals surface area contributed by atoms with Crippen LogP contribution >= 0.6 is 0 Å². The number of amides is 2. The van der Waals surface area contributed by atoms with E-state index >= 15 is 0 Å². The zero-order valence-corrected chi connectivity index (χ0v) is 14.6. The third kappa shape index (κ3) is 6.67. The van der Waals surface area contributed by atoms with Crippen molar-refractivity contribution in [2.45, 2.75) is 32.4 Å². The zero-order chi connectivity index (χ0) is 19.0. The molecule has 0 saturated carbocycles. The van der Waals surface area contributed by atoms with Crippen LogP contribution in [0.15, 0.2) is 36.4 Å². The molecule has 0 aromatic heterocycles. The molecule has 0 fully saturated rings. The van der Waals surface area contributed by atoms with Crippen LogP contribution in [0.4, 0.5) is 0 Å². The monoisotopic (exact) mass is 345 g/mol. The highest BCUT2D eigenvalue weighted by molar-refractivity contribution is 5.97. The number of carbonyl (C=O) groups is 2. The first-order chi connectivity index (χ1) is 11.6. The molecule has 7 heteroatoms. The van der Waals surface area contributed by atoms with Gasteiger partial charge >= 0.3 is 0 Å². The maximum atomic E-state index is 12.3. The SMILES string of the molecule is C=C(C)C#CCOc1ccc(C(=O)NC(C(=O)NO)C(C)(C)N)cc1. The number of ether oxygens (including phenoxy) is 1. The summed E-state index contributed by atoms with van der Waals surface area (Å²) in [5.74, 6) is 4.85. The fourth-order valence-corrected chi connectivity index (χ4v) is 1.88. The lowest BCUT2D eigenvalue weighted by Gasteiger charge is -2.29. The van der Waals surface area contributed by atoms with Crippen LogP contribution in [0.2, 0.25) is 0 Å². The highest BCUT2D eigenvalue weighted by atomic mass is 16.5. The summed E-state index contributed by atoms with van der Waals surface area (Å²) in [6.45, 7) is 8.80. The number of rotatable bonds is 6. The molecule has 1 aromatic carbocycles. The van der Waals surface area contributed by atoms with Gasteiger partial charge in [0.15, 0.2) is 0 Å². The Morgan fingerprint density at radius 2 is 1.96 bits per heavy atom. The van der Waals surface area contributed by atoms with Gasteiger partial charge < -0.3 is 15.8 Å². The molecular formula is C18H23N3O4. The average molecular weight is 345 g/mol. The fourth-order valence-electron chi connectivity index (χ4n) is 1.88. The lowest BCUT2D eigenvalue weighted by molar-refractivity contribution is -0.132. The number of hydrogen-bond donors (Lipinski definition) is 4. The van der Waals surface area contributed by atoms with Crippen molar-refractivity contribution in [1.82, 2.24) is 10.8 Å². The average Bonchev–Trinajstić information content (AvgIpc) is 2.55. The lowest BCUT2D eigenvalue weighted by atomic mass is 9.95. The van der Waals surface area contributed by atoms with Gasteiger partial charge in [-0.05, 0) is 50.6 Å². The molecule has 25 heavy (non-hydrogen) atoms. The predicted octanol–water partition coefficient (Wildman–Crippen LogP) is 0.986. The molecule has 0 aliphatic rings. The molecule has 134 valence electrons. The largest absolute Gasteiger partial charge is 0.481 e. The van der Waals surface area contributed by atoms with E-state index in [9.17, 15) is 9.59 Å². The van der Waals surface area contributed by atoms with Crippen LogP contribution in [-0.4, -0.2) is 35.2 Å². The van der Waals surface area contributed by atoms with Crippen molar-refractivity contribution in [3.8, 4) is 17.6 Å². The Balaban J connectivity index is 2.75. The number of carbonyl (C=O) groups excluding carboxylic acids is 2. The van der Waals surface area contributed by atoms with E-state index in [1.807, 2.05) is 0 Å². The van der Waals surface area contributed by atoms with Crippen LogP contribution < -0.4 is 21.3 Å². The summed E-state index contributed by atoms with van der Waals surface area (Å²) < 4.78 is 5.42. The smallest absolute Gasteiger partial charge is 0.267 e. The van der Waals surface area contributed by atoms with Crippen molar-refractivity contribution in [3.63, 3.8) is 0 Å². The van der Waals surface area contributed by atoms with Crippen molar-refractivity contribution < 1.29 is 19.5 Å². The Morgan fingerprint density at radius 3 is 2.44 bits per heavy atom. The van der Waals surface area contributed by atoms with E-state index in [4.69, 9.17) is 15.7 Å². The molecule has 5 N–H and O–H groups in total. The molecule has 0 radical (unpaired) electrons. The lowest BCUT2D eigenvalue weighted by Crippen LogP contribution is -2.61. The van der Waals surface area contributed by atoms with Crippen molar-refractivity contribution in [2.75, 3.05) is 6.61 Å². The second-order valence-corrected chi connectivity index (χ2v) is 6.10. The van der Waals surface area contributed by atoms with Crippen LogP contribution in [0, 0.1) is 11.8 Å². The van der Waals surface area contributed by atoms with E-state index < -0.39 is 23.4 Å². The van der Waals surface area contributed by atoms with Gasteiger partial charge in [-0.15, -0.1) is 0 Å². The number of hydroxylamine groups is 1. The predicted molar refractivity (Wildman–Crippen MR) is 94.0 cm³/mol. The minimum absolute atomic E-state index is 0.207. The number of allylic oxidation sites excluding steroid dienone is 1. The number of nitrogens with two attached hydrogens (primary N) is 1. The molecule has 0 bridgehead atoms. The molecule has 1 atom stereocenters. The maximum absolute atomic E-state index is 12.3. The molecule has 1 rings (SSSR count). The van der Waals surface area contributed by atoms with Crippen molar-refractivity contribution >= 4 is 11.8 Å². The van der Waals surface area contributed by atoms with Gasteiger partial charge in [-0.2, -0.15) is 0 Å². The summed E-state index contributed by atoms with van der Waals surface area (Å²) in [7, 11) is 0. The van der Waals surface area contributed by atoms with Gasteiger partial charge in [0.25, 0.3) is 11.8 Å². The number of hydrogen-bond acceptors (Lipinski definition) is 5. The Labute approximate surface area is 147 Å². The molecule has 0 spiro atoms. The van der Waals surface area contributed by atoms with E-state index in [1.54, 1.807) is 45.0 Å². The Morgan fingerprint density at radius 1 is 1.36 bits per heavy atom. The van der Waals surface area contributed by atoms with Gasteiger partial charge in [0.2, 0.25) is 0 Å². The molecule has 0 saturated heterocycles. The van der Waals surface area contributed by atoms with Crippen molar-refractivity contribution in [1.29, 1.82) is 0 Å². The normalized spacial score (nSPS) is 11.6. The van der Waals surface area contributed by atoms with E-state index in [1.165, 1.54) is 5.48 Å². The quantitative estimate of drug-likeness (QED) is 0.349. The van der Waals surface area contributed by atoms with E-state index in [0.29, 0.717) is 11.3 Å². The third-order valence-corrected chi connectivity index (χ3v) is 3.12. The van der Waals surface area contributed by atoms with Crippen LogP contribution in [0.25, 0.3) is 0 Å². The minimum Gasteiger partial charge on any atom is -0.481 e. The molecular weight excluding hydrogens is 322 g/mol. The topological polar surface area (TPSA) is 114 Å². The first kappa shape index (κ1) is 20.2. The van der Waals surface area contributed by atoms with Crippen LogP contribution in [-0.2, 0) is 4.79 Å². The molecule has 2 amide bonds. The molecule has 1 unspecified atom stereocenters. The Kier molecular flexibility index (Phi) is 7.18. The summed E-state index contributed by atoms with van der Waals surface area (Å²) in [4.78, 5) is 23.9. The van der Waals surface area contributed by atoms with Gasteiger partial charge in [0, 0.05) is 11.1 Å². The molecule has 0 heterocycles.